The van der Waals surface area contributed by atoms with Crippen LogP contribution < -0.4 is 32.3 Å². The van der Waals surface area contributed by atoms with Crippen molar-refractivity contribution in [3.05, 3.63) is 119 Å². The molecule has 0 saturated carbocycles. The summed E-state index contributed by atoms with van der Waals surface area (Å²) in [6.07, 6.45) is 3.22. The molecule has 0 spiro atoms. The second-order valence-electron chi connectivity index (χ2n) is 13.6. The van der Waals surface area contributed by atoms with E-state index in [0.717, 1.165) is 22.2 Å². The number of imide groups is 1. The number of hydrogen-bond acceptors (Lipinski definition) is 9. The van der Waals surface area contributed by atoms with Gasteiger partial charge in [-0.3, -0.25) is 39.1 Å². The average molecular weight is 753 g/mol. The molecule has 2 aliphatic rings. The molecule has 5 aromatic rings. The lowest BCUT2D eigenvalue weighted by molar-refractivity contribution is -0.137. The van der Waals surface area contributed by atoms with Gasteiger partial charge in [0, 0.05) is 65.7 Å². The number of carbonyl (C=O) groups is 6. The number of nitrogens with one attached hydrogen (secondary N) is 5. The number of anilines is 3. The molecule has 7 rings (SSSR count). The molecule has 56 heavy (non-hydrogen) atoms. The Morgan fingerprint density at radius 2 is 1.61 bits per heavy atom. The minimum Gasteiger partial charge on any atom is -0.376 e. The Morgan fingerprint density at radius 3 is 2.36 bits per heavy atom. The zero-order valence-corrected chi connectivity index (χ0v) is 30.4. The molecule has 14 nitrogen and oxygen atoms in total. The molecule has 0 radical (unpaired) electrons. The zero-order valence-electron chi connectivity index (χ0n) is 30.4. The Hall–Kier alpha value is -7.09. The summed E-state index contributed by atoms with van der Waals surface area (Å²) in [5.41, 5.74) is 12.1. The number of piperidine rings is 1. The molecule has 4 aromatic carbocycles. The molecule has 2 aliphatic heterocycles. The lowest BCUT2D eigenvalue weighted by Crippen LogP contribution is -2.52. The summed E-state index contributed by atoms with van der Waals surface area (Å²) in [6, 6.07) is 27.0. The highest BCUT2D eigenvalue weighted by atomic mass is 16.2. The Morgan fingerprint density at radius 1 is 0.857 bits per heavy atom. The Bertz CT molecular complexity index is 2350. The van der Waals surface area contributed by atoms with Gasteiger partial charge < -0.3 is 31.9 Å². The third-order valence-electron chi connectivity index (χ3n) is 9.89. The number of benzene rings is 4. The zero-order chi connectivity index (χ0) is 39.2. The molecule has 1 saturated heterocycles. The molecule has 6 amide bonds. The maximum atomic E-state index is 13.1. The fourth-order valence-electron chi connectivity index (χ4n) is 6.94. The molecule has 3 heterocycles. The van der Waals surface area contributed by atoms with Gasteiger partial charge in [-0.05, 0) is 78.9 Å². The fraction of sp³-hybridized carbons (Fsp3) is 0.214. The van der Waals surface area contributed by atoms with Gasteiger partial charge >= 0.3 is 0 Å². The molecule has 14 heteroatoms. The molecule has 1 aromatic heterocycles. The van der Waals surface area contributed by atoms with Gasteiger partial charge in [0.05, 0.1) is 23.3 Å². The monoisotopic (exact) mass is 752 g/mol. The van der Waals surface area contributed by atoms with Crippen molar-refractivity contribution in [2.24, 2.45) is 5.73 Å². The van der Waals surface area contributed by atoms with Crippen LogP contribution in [0.15, 0.2) is 97.2 Å². The van der Waals surface area contributed by atoms with E-state index in [9.17, 15) is 28.8 Å². The summed E-state index contributed by atoms with van der Waals surface area (Å²) in [7, 11) is 0. The summed E-state index contributed by atoms with van der Waals surface area (Å²) in [5.74, 6) is -2.12. The number of rotatable bonds is 14. The van der Waals surface area contributed by atoms with E-state index in [-0.39, 0.29) is 55.1 Å². The summed E-state index contributed by atoms with van der Waals surface area (Å²) in [6.45, 7) is 1.05. The average Bonchev–Trinajstić information content (AvgIpc) is 3.54. The Labute approximate surface area is 322 Å². The highest BCUT2D eigenvalue weighted by Crippen LogP contribution is 2.34. The summed E-state index contributed by atoms with van der Waals surface area (Å²) >= 11 is 0. The van der Waals surface area contributed by atoms with E-state index in [1.165, 1.54) is 11.1 Å². The van der Waals surface area contributed by atoms with Crippen LogP contribution in [0, 0.1) is 0 Å². The second-order valence-corrected chi connectivity index (χ2v) is 13.6. The molecule has 0 bridgehead atoms. The largest absolute Gasteiger partial charge is 0.376 e. The van der Waals surface area contributed by atoms with Crippen LogP contribution >= 0.6 is 0 Å². The Kier molecular flexibility index (Phi) is 11.0. The molecule has 284 valence electrons. The van der Waals surface area contributed by atoms with E-state index in [0.29, 0.717) is 59.5 Å². The minimum absolute atomic E-state index is 0.00790. The minimum atomic E-state index is -0.715. The number of amides is 6. The maximum absolute atomic E-state index is 13.1. The molecule has 7 N–H and O–H groups in total. The number of unbranched alkanes of at least 4 members (excludes halogenated alkanes) is 1. The number of pyridine rings is 1. The van der Waals surface area contributed by atoms with Crippen molar-refractivity contribution in [2.45, 2.75) is 38.3 Å². The fourth-order valence-corrected chi connectivity index (χ4v) is 6.94. The van der Waals surface area contributed by atoms with Crippen molar-refractivity contribution in [2.75, 3.05) is 30.3 Å². The summed E-state index contributed by atoms with van der Waals surface area (Å²) in [4.78, 5) is 80.7. The smallest absolute Gasteiger partial charge is 0.255 e. The highest BCUT2D eigenvalue weighted by molar-refractivity contribution is 6.09. The first-order chi connectivity index (χ1) is 27.2. The first-order valence-corrected chi connectivity index (χ1v) is 18.4. The van der Waals surface area contributed by atoms with Gasteiger partial charge in [0.1, 0.15) is 6.04 Å². The van der Waals surface area contributed by atoms with Gasteiger partial charge in [-0.25, -0.2) is 0 Å². The molecular weight excluding hydrogens is 713 g/mol. The van der Waals surface area contributed by atoms with Gasteiger partial charge in [0.15, 0.2) is 0 Å². The van der Waals surface area contributed by atoms with Gasteiger partial charge in [-0.2, -0.15) is 0 Å². The summed E-state index contributed by atoms with van der Waals surface area (Å²) < 4.78 is 0. The first-order valence-electron chi connectivity index (χ1n) is 18.4. The van der Waals surface area contributed by atoms with Crippen molar-refractivity contribution >= 4 is 63.4 Å². The normalized spacial score (nSPS) is 14.9. The SMILES string of the molecule is NC(=O)c1cnc2ccc(-c3ccc(C(=O)NCCCCNC(=O)CNc4cccc5c4CN(C4CCC(=O)NC4=O)C5=O)cc3)cc2c1Nc1ccccc1. The lowest BCUT2D eigenvalue weighted by Gasteiger charge is -2.29. The second kappa shape index (κ2) is 16.5. The van der Waals surface area contributed by atoms with E-state index in [2.05, 4.69) is 31.6 Å². The quantitative estimate of drug-likeness (QED) is 0.0708. The van der Waals surface area contributed by atoms with Crippen LogP contribution in [-0.2, 0) is 20.9 Å². The topological polar surface area (TPSA) is 205 Å². The van der Waals surface area contributed by atoms with Crippen LogP contribution in [0.2, 0.25) is 0 Å². The standard InChI is InChI=1S/C42H40N8O6/c43-39(53)31-22-46-34-16-15-27(21-30(34)38(31)48-28-7-2-1-3-8-28)25-11-13-26(14-12-25)40(54)45-20-5-4-19-44-37(52)23-47-33-10-6-9-29-32(33)24-50(42(29)56)35-17-18-36(51)49-41(35)55/h1-3,6-16,21-22,35,47H,4-5,17-20,23-24H2,(H2,43,53)(H,44,52)(H,45,54)(H,46,48)(H,49,51,55). The summed E-state index contributed by atoms with van der Waals surface area (Å²) in [5, 5.41) is 15.3. The van der Waals surface area contributed by atoms with Gasteiger partial charge in [-0.1, -0.05) is 42.5 Å². The molecular formula is C42H40N8O6. The van der Waals surface area contributed by atoms with Crippen molar-refractivity contribution in [1.82, 2.24) is 25.8 Å². The van der Waals surface area contributed by atoms with Crippen LogP contribution in [0.3, 0.4) is 0 Å². The van der Waals surface area contributed by atoms with Crippen molar-refractivity contribution in [3.63, 3.8) is 0 Å². The van der Waals surface area contributed by atoms with E-state index in [1.807, 2.05) is 60.7 Å². The lowest BCUT2D eigenvalue weighted by atomic mass is 9.99. The third-order valence-corrected chi connectivity index (χ3v) is 9.89. The van der Waals surface area contributed by atoms with E-state index >= 15 is 0 Å². The van der Waals surface area contributed by atoms with E-state index < -0.39 is 17.9 Å². The number of para-hydroxylation sites is 1. The van der Waals surface area contributed by atoms with Crippen molar-refractivity contribution in [3.8, 4) is 11.1 Å². The third kappa shape index (κ3) is 8.18. The van der Waals surface area contributed by atoms with Crippen LogP contribution in [-0.4, -0.2) is 71.0 Å². The van der Waals surface area contributed by atoms with Crippen molar-refractivity contribution < 1.29 is 28.8 Å². The van der Waals surface area contributed by atoms with Gasteiger partial charge in [0.25, 0.3) is 17.7 Å². The highest BCUT2D eigenvalue weighted by Gasteiger charge is 2.39. The van der Waals surface area contributed by atoms with Crippen LogP contribution in [0.1, 0.15) is 62.3 Å². The van der Waals surface area contributed by atoms with Crippen LogP contribution in [0.5, 0.6) is 0 Å². The molecule has 1 atom stereocenters. The van der Waals surface area contributed by atoms with Gasteiger partial charge in [0.2, 0.25) is 17.7 Å². The number of nitrogens with zero attached hydrogens (tertiary/aromatic N) is 2. The van der Waals surface area contributed by atoms with Gasteiger partial charge in [-0.15, -0.1) is 0 Å². The number of primary amides is 1. The number of carbonyl (C=O) groups excluding carboxylic acids is 6. The van der Waals surface area contributed by atoms with Crippen LogP contribution in [0.4, 0.5) is 17.1 Å². The van der Waals surface area contributed by atoms with Crippen LogP contribution in [0.25, 0.3) is 22.0 Å². The Balaban J connectivity index is 0.864. The molecule has 0 aliphatic carbocycles. The predicted molar refractivity (Wildman–Crippen MR) is 211 cm³/mol. The first kappa shape index (κ1) is 37.2. The molecule has 1 fully saturated rings. The number of fused-ring (bicyclic) bond motifs is 2. The van der Waals surface area contributed by atoms with E-state index in [4.69, 9.17) is 5.73 Å². The maximum Gasteiger partial charge on any atom is 0.255 e. The number of aromatic nitrogens is 1. The predicted octanol–water partition coefficient (Wildman–Crippen LogP) is 4.24. The van der Waals surface area contributed by atoms with E-state index in [1.54, 1.807) is 30.3 Å². The number of nitrogens with two attached hydrogens (primary N) is 1. The number of hydrogen-bond donors (Lipinski definition) is 6. The molecule has 1 unspecified atom stereocenters. The van der Waals surface area contributed by atoms with Crippen molar-refractivity contribution in [1.29, 1.82) is 0 Å².